The van der Waals surface area contributed by atoms with Gasteiger partial charge in [-0.1, -0.05) is 0 Å². The minimum Gasteiger partial charge on any atom is -0.348 e. The van der Waals surface area contributed by atoms with E-state index in [4.69, 9.17) is 0 Å². The maximum atomic E-state index is 11.8. The van der Waals surface area contributed by atoms with Crippen molar-refractivity contribution in [3.63, 3.8) is 0 Å². The van der Waals surface area contributed by atoms with Gasteiger partial charge in [-0.2, -0.15) is 0 Å². The molecule has 0 aliphatic rings. The number of aromatic amines is 1. The van der Waals surface area contributed by atoms with Crippen LogP contribution in [-0.4, -0.2) is 21.8 Å². The van der Waals surface area contributed by atoms with Crippen molar-refractivity contribution in [3.8, 4) is 0 Å². The third-order valence-corrected chi connectivity index (χ3v) is 2.67. The fourth-order valence-corrected chi connectivity index (χ4v) is 1.73. The topological polar surface area (TPSA) is 86.9 Å². The highest BCUT2D eigenvalue weighted by molar-refractivity contribution is 5.92. The zero-order valence-corrected chi connectivity index (χ0v) is 11.1. The Morgan fingerprint density at radius 1 is 1.15 bits per heavy atom. The van der Waals surface area contributed by atoms with Gasteiger partial charge in [-0.3, -0.25) is 9.59 Å². The third kappa shape index (κ3) is 4.24. The highest BCUT2D eigenvalue weighted by Gasteiger charge is 2.04. The molecule has 6 heteroatoms. The van der Waals surface area contributed by atoms with Gasteiger partial charge in [-0.25, -0.2) is 4.98 Å². The summed E-state index contributed by atoms with van der Waals surface area (Å²) in [6.07, 6.45) is 4.30. The number of nitrogens with zero attached hydrogens (tertiary/aromatic N) is 1. The van der Waals surface area contributed by atoms with E-state index >= 15 is 0 Å². The molecule has 3 N–H and O–H groups in total. The molecule has 0 radical (unpaired) electrons. The average Bonchev–Trinajstić information content (AvgIpc) is 2.91. The molecule has 0 unspecified atom stereocenters. The van der Waals surface area contributed by atoms with E-state index in [-0.39, 0.29) is 11.8 Å². The standard InChI is InChI=1S/C14H16N4O2/c1-10(19)17-11-2-4-12(5-3-11)18-14(20)7-6-13-8-15-9-16-13/h2-5,8-9H,6-7H2,1H3,(H,15,16)(H,17,19)(H,18,20). The summed E-state index contributed by atoms with van der Waals surface area (Å²) in [5, 5.41) is 5.47. The second-order valence-electron chi connectivity index (χ2n) is 4.38. The molecule has 2 amide bonds. The quantitative estimate of drug-likeness (QED) is 0.777. The molecular weight excluding hydrogens is 256 g/mol. The summed E-state index contributed by atoms with van der Waals surface area (Å²) in [6.45, 7) is 1.45. The molecule has 1 heterocycles. The van der Waals surface area contributed by atoms with Gasteiger partial charge in [0, 0.05) is 36.6 Å². The summed E-state index contributed by atoms with van der Waals surface area (Å²) >= 11 is 0. The molecule has 0 aliphatic heterocycles. The maximum Gasteiger partial charge on any atom is 0.224 e. The van der Waals surface area contributed by atoms with Crippen molar-refractivity contribution in [1.82, 2.24) is 9.97 Å². The number of H-pyrrole nitrogens is 1. The van der Waals surface area contributed by atoms with Crippen LogP contribution in [0.1, 0.15) is 19.0 Å². The van der Waals surface area contributed by atoms with Crippen LogP contribution in [0.2, 0.25) is 0 Å². The lowest BCUT2D eigenvalue weighted by molar-refractivity contribution is -0.116. The number of imidazole rings is 1. The molecule has 0 atom stereocenters. The van der Waals surface area contributed by atoms with Crippen LogP contribution in [0.5, 0.6) is 0 Å². The van der Waals surface area contributed by atoms with Crippen LogP contribution in [0.4, 0.5) is 11.4 Å². The first-order valence-corrected chi connectivity index (χ1v) is 6.28. The third-order valence-electron chi connectivity index (χ3n) is 2.67. The second kappa shape index (κ2) is 6.51. The number of aromatic nitrogens is 2. The van der Waals surface area contributed by atoms with Crippen molar-refractivity contribution >= 4 is 23.2 Å². The Bertz CT molecular complexity index is 576. The number of hydrogen-bond donors (Lipinski definition) is 3. The summed E-state index contributed by atoms with van der Waals surface area (Å²) in [4.78, 5) is 29.5. The number of anilines is 2. The lowest BCUT2D eigenvalue weighted by Crippen LogP contribution is -2.12. The number of hydrogen-bond acceptors (Lipinski definition) is 3. The van der Waals surface area contributed by atoms with Gasteiger partial charge in [0.25, 0.3) is 0 Å². The molecule has 20 heavy (non-hydrogen) atoms. The van der Waals surface area contributed by atoms with Gasteiger partial charge in [0.05, 0.1) is 6.33 Å². The molecule has 1 aromatic heterocycles. The highest BCUT2D eigenvalue weighted by atomic mass is 16.2. The van der Waals surface area contributed by atoms with E-state index < -0.39 is 0 Å². The first-order valence-electron chi connectivity index (χ1n) is 6.28. The largest absolute Gasteiger partial charge is 0.348 e. The fraction of sp³-hybridized carbons (Fsp3) is 0.214. The maximum absolute atomic E-state index is 11.8. The van der Waals surface area contributed by atoms with E-state index in [2.05, 4.69) is 20.6 Å². The van der Waals surface area contributed by atoms with Gasteiger partial charge in [-0.05, 0) is 30.7 Å². The molecule has 104 valence electrons. The molecule has 1 aromatic carbocycles. The Hall–Kier alpha value is -2.63. The van der Waals surface area contributed by atoms with Gasteiger partial charge in [-0.15, -0.1) is 0 Å². The van der Waals surface area contributed by atoms with Crippen molar-refractivity contribution in [2.75, 3.05) is 10.6 Å². The number of benzene rings is 1. The summed E-state index contributed by atoms with van der Waals surface area (Å²) in [7, 11) is 0. The monoisotopic (exact) mass is 272 g/mol. The SMILES string of the molecule is CC(=O)Nc1ccc(NC(=O)CCc2cnc[nH]2)cc1. The van der Waals surface area contributed by atoms with Crippen molar-refractivity contribution in [2.45, 2.75) is 19.8 Å². The van der Waals surface area contributed by atoms with Crippen LogP contribution in [-0.2, 0) is 16.0 Å². The highest BCUT2D eigenvalue weighted by Crippen LogP contribution is 2.13. The Balaban J connectivity index is 1.83. The lowest BCUT2D eigenvalue weighted by atomic mass is 10.2. The van der Waals surface area contributed by atoms with Crippen LogP contribution < -0.4 is 10.6 Å². The predicted octanol–water partition coefficient (Wildman–Crippen LogP) is 1.94. The van der Waals surface area contributed by atoms with Crippen LogP contribution >= 0.6 is 0 Å². The lowest BCUT2D eigenvalue weighted by Gasteiger charge is -2.06. The Labute approximate surface area is 116 Å². The smallest absolute Gasteiger partial charge is 0.224 e. The molecule has 0 bridgehead atoms. The summed E-state index contributed by atoms with van der Waals surface area (Å²) in [5.74, 6) is -0.187. The molecule has 6 nitrogen and oxygen atoms in total. The average molecular weight is 272 g/mol. The van der Waals surface area contributed by atoms with E-state index in [0.717, 1.165) is 5.69 Å². The van der Waals surface area contributed by atoms with Gasteiger partial charge in [0.2, 0.25) is 11.8 Å². The van der Waals surface area contributed by atoms with Crippen molar-refractivity contribution in [2.24, 2.45) is 0 Å². The molecule has 2 rings (SSSR count). The van der Waals surface area contributed by atoms with E-state index in [1.54, 1.807) is 36.8 Å². The number of aryl methyl sites for hydroxylation is 1. The molecule has 0 aliphatic carbocycles. The van der Waals surface area contributed by atoms with Gasteiger partial charge >= 0.3 is 0 Å². The van der Waals surface area contributed by atoms with E-state index in [1.165, 1.54) is 6.92 Å². The Morgan fingerprint density at radius 3 is 2.35 bits per heavy atom. The molecule has 0 fully saturated rings. The van der Waals surface area contributed by atoms with Crippen LogP contribution in [0.15, 0.2) is 36.8 Å². The van der Waals surface area contributed by atoms with Crippen molar-refractivity contribution in [3.05, 3.63) is 42.5 Å². The van der Waals surface area contributed by atoms with Crippen LogP contribution in [0.3, 0.4) is 0 Å². The normalized spacial score (nSPS) is 10.1. The van der Waals surface area contributed by atoms with Gasteiger partial charge in [0.15, 0.2) is 0 Å². The fourth-order valence-electron chi connectivity index (χ4n) is 1.73. The molecular formula is C14H16N4O2. The minimum atomic E-state index is -0.124. The van der Waals surface area contributed by atoms with E-state index in [0.29, 0.717) is 24.2 Å². The zero-order chi connectivity index (χ0) is 14.4. The number of carbonyl (C=O) groups is 2. The number of rotatable bonds is 5. The van der Waals surface area contributed by atoms with E-state index in [1.807, 2.05) is 0 Å². The molecule has 2 aromatic rings. The number of nitrogens with one attached hydrogen (secondary N) is 3. The first kappa shape index (κ1) is 13.8. The summed E-state index contributed by atoms with van der Waals surface area (Å²) in [5.41, 5.74) is 2.34. The second-order valence-corrected chi connectivity index (χ2v) is 4.38. The van der Waals surface area contributed by atoms with Gasteiger partial charge < -0.3 is 15.6 Å². The molecule has 0 saturated carbocycles. The van der Waals surface area contributed by atoms with Crippen molar-refractivity contribution < 1.29 is 9.59 Å². The van der Waals surface area contributed by atoms with Gasteiger partial charge in [0.1, 0.15) is 0 Å². The molecule has 0 saturated heterocycles. The Kier molecular flexibility index (Phi) is 4.49. The van der Waals surface area contributed by atoms with Crippen LogP contribution in [0.25, 0.3) is 0 Å². The zero-order valence-electron chi connectivity index (χ0n) is 11.1. The van der Waals surface area contributed by atoms with E-state index in [9.17, 15) is 9.59 Å². The Morgan fingerprint density at radius 2 is 1.80 bits per heavy atom. The van der Waals surface area contributed by atoms with Crippen molar-refractivity contribution in [1.29, 1.82) is 0 Å². The first-order chi connectivity index (χ1) is 9.63. The minimum absolute atomic E-state index is 0.0631. The predicted molar refractivity (Wildman–Crippen MR) is 76.3 cm³/mol. The van der Waals surface area contributed by atoms with Crippen LogP contribution in [0, 0.1) is 0 Å². The summed E-state index contributed by atoms with van der Waals surface area (Å²) in [6, 6.07) is 6.98. The number of carbonyl (C=O) groups excluding carboxylic acids is 2. The number of amides is 2. The molecule has 0 spiro atoms. The summed E-state index contributed by atoms with van der Waals surface area (Å²) < 4.78 is 0.